The standard InChI is InChI=1S/C13H20N4/c1-16-11(4-12(15-16)10-2-3-10)5-17-8-13(9-17)6-14-7-13/h4,10,14H,2-3,5-9H2,1H3. The molecule has 4 rings (SSSR count). The average molecular weight is 232 g/mol. The van der Waals surface area contributed by atoms with Gasteiger partial charge in [0.15, 0.2) is 0 Å². The van der Waals surface area contributed by atoms with Crippen molar-refractivity contribution in [2.75, 3.05) is 26.2 Å². The highest BCUT2D eigenvalue weighted by Gasteiger charge is 2.47. The molecule has 1 aliphatic carbocycles. The number of nitrogens with zero attached hydrogens (tertiary/aromatic N) is 3. The maximum atomic E-state index is 4.63. The smallest absolute Gasteiger partial charge is 0.0658 e. The Morgan fingerprint density at radius 3 is 2.76 bits per heavy atom. The van der Waals surface area contributed by atoms with Crippen molar-refractivity contribution in [3.05, 3.63) is 17.5 Å². The van der Waals surface area contributed by atoms with E-state index in [9.17, 15) is 0 Å². The van der Waals surface area contributed by atoms with E-state index < -0.39 is 0 Å². The summed E-state index contributed by atoms with van der Waals surface area (Å²) < 4.78 is 2.08. The predicted octanol–water partition coefficient (Wildman–Crippen LogP) is 0.703. The summed E-state index contributed by atoms with van der Waals surface area (Å²) in [6, 6.07) is 2.32. The number of nitrogens with one attached hydrogen (secondary N) is 1. The third-order valence-electron chi connectivity index (χ3n) is 4.49. The van der Waals surface area contributed by atoms with Crippen molar-refractivity contribution >= 4 is 0 Å². The van der Waals surface area contributed by atoms with Crippen LogP contribution in [-0.2, 0) is 13.6 Å². The average Bonchev–Trinajstić information content (AvgIpc) is 2.95. The third-order valence-corrected chi connectivity index (χ3v) is 4.49. The predicted molar refractivity (Wildman–Crippen MR) is 65.8 cm³/mol. The quantitative estimate of drug-likeness (QED) is 0.833. The highest BCUT2D eigenvalue weighted by atomic mass is 15.3. The van der Waals surface area contributed by atoms with Gasteiger partial charge in [0.25, 0.3) is 0 Å². The molecule has 1 N–H and O–H groups in total. The van der Waals surface area contributed by atoms with Crippen LogP contribution >= 0.6 is 0 Å². The van der Waals surface area contributed by atoms with Crippen LogP contribution in [0.3, 0.4) is 0 Å². The van der Waals surface area contributed by atoms with Gasteiger partial charge in [-0.05, 0) is 18.9 Å². The number of aromatic nitrogens is 2. The third kappa shape index (κ3) is 1.62. The molecule has 92 valence electrons. The van der Waals surface area contributed by atoms with Gasteiger partial charge in [-0.3, -0.25) is 9.58 Å². The molecule has 2 saturated heterocycles. The summed E-state index contributed by atoms with van der Waals surface area (Å²) >= 11 is 0. The zero-order valence-electron chi connectivity index (χ0n) is 10.4. The molecule has 1 aromatic heterocycles. The highest BCUT2D eigenvalue weighted by molar-refractivity contribution is 5.19. The molecule has 0 unspecified atom stereocenters. The first-order valence-corrected chi connectivity index (χ1v) is 6.70. The zero-order valence-corrected chi connectivity index (χ0v) is 10.4. The molecule has 1 aromatic rings. The van der Waals surface area contributed by atoms with Gasteiger partial charge in [0, 0.05) is 51.1 Å². The molecule has 3 fully saturated rings. The summed E-state index contributed by atoms with van der Waals surface area (Å²) in [7, 11) is 2.08. The van der Waals surface area contributed by atoms with Crippen molar-refractivity contribution in [3.8, 4) is 0 Å². The van der Waals surface area contributed by atoms with Crippen LogP contribution in [0.5, 0.6) is 0 Å². The van der Waals surface area contributed by atoms with Crippen LogP contribution in [0.4, 0.5) is 0 Å². The largest absolute Gasteiger partial charge is 0.315 e. The van der Waals surface area contributed by atoms with E-state index in [0.29, 0.717) is 5.41 Å². The monoisotopic (exact) mass is 232 g/mol. The van der Waals surface area contributed by atoms with E-state index in [1.165, 1.54) is 50.4 Å². The van der Waals surface area contributed by atoms with E-state index in [1.54, 1.807) is 0 Å². The Hall–Kier alpha value is -0.870. The Morgan fingerprint density at radius 1 is 1.41 bits per heavy atom. The number of aryl methyl sites for hydroxylation is 1. The molecule has 0 bridgehead atoms. The minimum atomic E-state index is 0.637. The zero-order chi connectivity index (χ0) is 11.5. The van der Waals surface area contributed by atoms with Crippen LogP contribution < -0.4 is 5.32 Å². The summed E-state index contributed by atoms with van der Waals surface area (Å²) in [5.74, 6) is 0.772. The molecule has 0 amide bonds. The van der Waals surface area contributed by atoms with Crippen molar-refractivity contribution in [1.29, 1.82) is 0 Å². The van der Waals surface area contributed by atoms with Crippen LogP contribution in [-0.4, -0.2) is 40.9 Å². The van der Waals surface area contributed by atoms with Gasteiger partial charge in [0.2, 0.25) is 0 Å². The molecule has 0 aromatic carbocycles. The van der Waals surface area contributed by atoms with E-state index in [1.807, 2.05) is 0 Å². The first-order chi connectivity index (χ1) is 8.24. The summed E-state index contributed by atoms with van der Waals surface area (Å²) in [5, 5.41) is 8.02. The second-order valence-electron chi connectivity index (χ2n) is 6.21. The lowest BCUT2D eigenvalue weighted by molar-refractivity contribution is -0.0456. The van der Waals surface area contributed by atoms with E-state index >= 15 is 0 Å². The maximum absolute atomic E-state index is 4.63. The first-order valence-electron chi connectivity index (χ1n) is 6.70. The summed E-state index contributed by atoms with van der Waals surface area (Å²) in [6.07, 6.45) is 2.68. The van der Waals surface area contributed by atoms with E-state index in [2.05, 4.69) is 33.1 Å². The van der Waals surface area contributed by atoms with Crippen LogP contribution in [0, 0.1) is 5.41 Å². The van der Waals surface area contributed by atoms with Gasteiger partial charge in [0.1, 0.15) is 0 Å². The maximum Gasteiger partial charge on any atom is 0.0658 e. The molecule has 1 spiro atoms. The number of rotatable bonds is 3. The van der Waals surface area contributed by atoms with Gasteiger partial charge >= 0.3 is 0 Å². The van der Waals surface area contributed by atoms with Crippen molar-refractivity contribution in [2.45, 2.75) is 25.3 Å². The fourth-order valence-corrected chi connectivity index (χ4v) is 3.20. The van der Waals surface area contributed by atoms with E-state index in [0.717, 1.165) is 12.5 Å². The second kappa shape index (κ2) is 3.33. The first kappa shape index (κ1) is 10.1. The molecule has 4 heteroatoms. The molecule has 3 aliphatic rings. The van der Waals surface area contributed by atoms with Gasteiger partial charge in [-0.25, -0.2) is 0 Å². The molecule has 4 nitrogen and oxygen atoms in total. The Labute approximate surface area is 102 Å². The van der Waals surface area contributed by atoms with Crippen molar-refractivity contribution in [2.24, 2.45) is 12.5 Å². The van der Waals surface area contributed by atoms with Gasteiger partial charge in [-0.15, -0.1) is 0 Å². The Kier molecular flexibility index (Phi) is 1.97. The summed E-state index contributed by atoms with van der Waals surface area (Å²) in [6.45, 7) is 6.07. The van der Waals surface area contributed by atoms with Crippen LogP contribution in [0.1, 0.15) is 30.1 Å². The molecule has 2 aliphatic heterocycles. The normalized spacial score (nSPS) is 26.9. The topological polar surface area (TPSA) is 33.1 Å². The van der Waals surface area contributed by atoms with E-state index in [4.69, 9.17) is 0 Å². The molecule has 1 saturated carbocycles. The van der Waals surface area contributed by atoms with Crippen molar-refractivity contribution < 1.29 is 0 Å². The number of hydrogen-bond donors (Lipinski definition) is 1. The lowest BCUT2D eigenvalue weighted by Gasteiger charge is -2.56. The van der Waals surface area contributed by atoms with Crippen LogP contribution in [0.2, 0.25) is 0 Å². The van der Waals surface area contributed by atoms with Crippen molar-refractivity contribution in [1.82, 2.24) is 20.0 Å². The molecular formula is C13H20N4. The van der Waals surface area contributed by atoms with Crippen LogP contribution in [0.25, 0.3) is 0 Å². The summed E-state index contributed by atoms with van der Waals surface area (Å²) in [5.41, 5.74) is 3.34. The Bertz CT molecular complexity index is 434. The van der Waals surface area contributed by atoms with Gasteiger partial charge in [-0.2, -0.15) is 5.10 Å². The van der Waals surface area contributed by atoms with Gasteiger partial charge in [-0.1, -0.05) is 0 Å². The minimum absolute atomic E-state index is 0.637. The molecule has 17 heavy (non-hydrogen) atoms. The lowest BCUT2D eigenvalue weighted by atomic mass is 9.74. The number of likely N-dealkylation sites (tertiary alicyclic amines) is 1. The lowest BCUT2D eigenvalue weighted by Crippen LogP contribution is -2.70. The minimum Gasteiger partial charge on any atom is -0.315 e. The Morgan fingerprint density at radius 2 is 2.18 bits per heavy atom. The summed E-state index contributed by atoms with van der Waals surface area (Å²) in [4.78, 5) is 2.55. The highest BCUT2D eigenvalue weighted by Crippen LogP contribution is 2.40. The second-order valence-corrected chi connectivity index (χ2v) is 6.21. The molecule has 3 heterocycles. The van der Waals surface area contributed by atoms with Crippen LogP contribution in [0.15, 0.2) is 6.07 Å². The SMILES string of the molecule is Cn1nc(C2CC2)cc1CN1CC2(CNC2)C1. The molecular weight excluding hydrogens is 212 g/mol. The molecule has 0 atom stereocenters. The Balaban J connectivity index is 1.41. The van der Waals surface area contributed by atoms with E-state index in [-0.39, 0.29) is 0 Å². The van der Waals surface area contributed by atoms with Gasteiger partial charge in [0.05, 0.1) is 11.4 Å². The fraction of sp³-hybridized carbons (Fsp3) is 0.769. The molecule has 0 radical (unpaired) electrons. The van der Waals surface area contributed by atoms with Gasteiger partial charge < -0.3 is 5.32 Å². The fourth-order valence-electron chi connectivity index (χ4n) is 3.20. The number of hydrogen-bond acceptors (Lipinski definition) is 3. The van der Waals surface area contributed by atoms with Crippen molar-refractivity contribution in [3.63, 3.8) is 0 Å².